The van der Waals surface area contributed by atoms with Crippen molar-refractivity contribution in [3.05, 3.63) is 65.7 Å². The number of nitrogens with zero attached hydrogens (tertiary/aromatic N) is 5. The summed E-state index contributed by atoms with van der Waals surface area (Å²) in [5.74, 6) is 0.849. The van der Waals surface area contributed by atoms with Crippen LogP contribution in [0.25, 0.3) is 10.9 Å². The highest BCUT2D eigenvalue weighted by Gasteiger charge is 2.18. The zero-order valence-electron chi connectivity index (χ0n) is 15.2. The Morgan fingerprint density at radius 1 is 1.30 bits per heavy atom. The molecule has 0 aliphatic heterocycles. The maximum atomic E-state index is 12.6. The SMILES string of the molecule is CCc1nc(CN(C)C(=O)c2cc(Cn3ccc4ccccc43)[nH]n2)no1. The maximum absolute atomic E-state index is 12.6. The molecule has 4 aromatic rings. The van der Waals surface area contributed by atoms with E-state index in [0.717, 1.165) is 11.2 Å². The van der Waals surface area contributed by atoms with E-state index in [9.17, 15) is 4.79 Å². The summed E-state index contributed by atoms with van der Waals surface area (Å²) < 4.78 is 7.19. The third-order valence-corrected chi connectivity index (χ3v) is 4.41. The van der Waals surface area contributed by atoms with Crippen LogP contribution < -0.4 is 0 Å². The minimum absolute atomic E-state index is 0.197. The van der Waals surface area contributed by atoms with E-state index in [2.05, 4.69) is 43.1 Å². The lowest BCUT2D eigenvalue weighted by atomic mass is 10.2. The molecule has 0 saturated carbocycles. The third kappa shape index (κ3) is 3.46. The van der Waals surface area contributed by atoms with Gasteiger partial charge in [-0.2, -0.15) is 10.1 Å². The van der Waals surface area contributed by atoms with Crippen LogP contribution in [-0.2, 0) is 19.5 Å². The minimum atomic E-state index is -0.197. The Kier molecular flexibility index (Phi) is 4.45. The fourth-order valence-electron chi connectivity index (χ4n) is 2.99. The topological polar surface area (TPSA) is 92.8 Å². The van der Waals surface area contributed by atoms with Crippen LogP contribution in [0.4, 0.5) is 0 Å². The van der Waals surface area contributed by atoms with Gasteiger partial charge in [0, 0.05) is 25.2 Å². The summed E-state index contributed by atoms with van der Waals surface area (Å²) in [5.41, 5.74) is 2.37. The Balaban J connectivity index is 1.45. The van der Waals surface area contributed by atoms with Gasteiger partial charge in [-0.05, 0) is 23.6 Å². The van der Waals surface area contributed by atoms with Crippen LogP contribution in [0.1, 0.15) is 34.8 Å². The summed E-state index contributed by atoms with van der Waals surface area (Å²) in [4.78, 5) is 18.4. The molecule has 0 spiro atoms. The molecule has 8 heteroatoms. The van der Waals surface area contributed by atoms with Crippen molar-refractivity contribution >= 4 is 16.8 Å². The first-order valence-electron chi connectivity index (χ1n) is 8.79. The van der Waals surface area contributed by atoms with E-state index in [4.69, 9.17) is 4.52 Å². The van der Waals surface area contributed by atoms with Crippen LogP contribution in [0.5, 0.6) is 0 Å². The smallest absolute Gasteiger partial charge is 0.274 e. The molecular weight excluding hydrogens is 344 g/mol. The van der Waals surface area contributed by atoms with Gasteiger partial charge >= 0.3 is 0 Å². The van der Waals surface area contributed by atoms with Crippen LogP contribution in [0.2, 0.25) is 0 Å². The van der Waals surface area contributed by atoms with E-state index >= 15 is 0 Å². The molecule has 0 aliphatic rings. The number of aromatic nitrogens is 5. The molecule has 138 valence electrons. The van der Waals surface area contributed by atoms with Gasteiger partial charge in [0.15, 0.2) is 5.82 Å². The molecule has 3 heterocycles. The number of hydrogen-bond donors (Lipinski definition) is 1. The number of carbonyl (C=O) groups excluding carboxylic acids is 1. The van der Waals surface area contributed by atoms with Crippen molar-refractivity contribution in [3.8, 4) is 0 Å². The maximum Gasteiger partial charge on any atom is 0.274 e. The van der Waals surface area contributed by atoms with Crippen molar-refractivity contribution in [2.24, 2.45) is 0 Å². The van der Waals surface area contributed by atoms with Crippen molar-refractivity contribution in [2.75, 3.05) is 7.05 Å². The molecule has 0 saturated heterocycles. The van der Waals surface area contributed by atoms with E-state index in [0.29, 0.717) is 30.4 Å². The van der Waals surface area contributed by atoms with Gasteiger partial charge in [-0.25, -0.2) is 0 Å². The first-order valence-corrected chi connectivity index (χ1v) is 8.79. The van der Waals surface area contributed by atoms with E-state index in [1.54, 1.807) is 13.1 Å². The molecule has 1 aromatic carbocycles. The number of hydrogen-bond acceptors (Lipinski definition) is 5. The zero-order valence-corrected chi connectivity index (χ0v) is 15.2. The van der Waals surface area contributed by atoms with Crippen molar-refractivity contribution in [1.29, 1.82) is 0 Å². The summed E-state index contributed by atoms with van der Waals surface area (Å²) in [7, 11) is 1.69. The number of aryl methyl sites for hydroxylation is 1. The summed E-state index contributed by atoms with van der Waals surface area (Å²) in [6.45, 7) is 2.82. The van der Waals surface area contributed by atoms with Crippen LogP contribution >= 0.6 is 0 Å². The number of fused-ring (bicyclic) bond motifs is 1. The van der Waals surface area contributed by atoms with E-state index in [-0.39, 0.29) is 12.5 Å². The Bertz CT molecular complexity index is 1080. The second-order valence-electron chi connectivity index (χ2n) is 6.40. The van der Waals surface area contributed by atoms with Crippen LogP contribution in [-0.4, -0.2) is 42.8 Å². The number of para-hydroxylation sites is 1. The van der Waals surface area contributed by atoms with Gasteiger partial charge in [-0.1, -0.05) is 30.3 Å². The average molecular weight is 364 g/mol. The van der Waals surface area contributed by atoms with Crippen LogP contribution in [0, 0.1) is 0 Å². The molecule has 0 unspecified atom stereocenters. The molecule has 8 nitrogen and oxygen atoms in total. The molecule has 0 bridgehead atoms. The molecule has 3 aromatic heterocycles. The molecular formula is C19H20N6O2. The Hall–Kier alpha value is -3.42. The highest BCUT2D eigenvalue weighted by Crippen LogP contribution is 2.16. The van der Waals surface area contributed by atoms with Gasteiger partial charge in [0.1, 0.15) is 5.69 Å². The van der Waals surface area contributed by atoms with Gasteiger partial charge in [-0.15, -0.1) is 0 Å². The monoisotopic (exact) mass is 364 g/mol. The molecule has 0 fully saturated rings. The Morgan fingerprint density at radius 2 is 2.15 bits per heavy atom. The van der Waals surface area contributed by atoms with E-state index in [1.165, 1.54) is 10.3 Å². The van der Waals surface area contributed by atoms with Gasteiger partial charge < -0.3 is 14.0 Å². The van der Waals surface area contributed by atoms with E-state index in [1.807, 2.05) is 25.3 Å². The second-order valence-corrected chi connectivity index (χ2v) is 6.40. The zero-order chi connectivity index (χ0) is 18.8. The predicted octanol–water partition coefficient (Wildman–Crippen LogP) is 2.63. The summed E-state index contributed by atoms with van der Waals surface area (Å²) in [6, 6.07) is 12.0. The lowest BCUT2D eigenvalue weighted by Gasteiger charge is -2.12. The fourth-order valence-corrected chi connectivity index (χ4v) is 2.99. The number of H-pyrrole nitrogens is 1. The summed E-state index contributed by atoms with van der Waals surface area (Å²) in [5, 5.41) is 12.2. The summed E-state index contributed by atoms with van der Waals surface area (Å²) in [6.07, 6.45) is 2.70. The molecule has 0 radical (unpaired) electrons. The molecule has 0 aliphatic carbocycles. The van der Waals surface area contributed by atoms with Crippen LogP contribution in [0.3, 0.4) is 0 Å². The quantitative estimate of drug-likeness (QED) is 0.568. The lowest BCUT2D eigenvalue weighted by Crippen LogP contribution is -2.27. The van der Waals surface area contributed by atoms with Crippen LogP contribution in [0.15, 0.2) is 47.1 Å². The first kappa shape index (κ1) is 17.0. The van der Waals surface area contributed by atoms with Crippen molar-refractivity contribution < 1.29 is 9.32 Å². The number of rotatable bonds is 6. The standard InChI is InChI=1S/C19H20N6O2/c1-3-18-20-17(23-27-18)12-24(2)19(26)15-10-14(21-22-15)11-25-9-8-13-6-4-5-7-16(13)25/h4-10H,3,11-12H2,1-2H3,(H,21,22). The number of aromatic amines is 1. The number of benzene rings is 1. The Morgan fingerprint density at radius 3 is 2.96 bits per heavy atom. The Labute approximate surface area is 155 Å². The minimum Gasteiger partial charge on any atom is -0.341 e. The molecule has 4 rings (SSSR count). The average Bonchev–Trinajstić information content (AvgIpc) is 3.42. The number of nitrogens with one attached hydrogen (secondary N) is 1. The van der Waals surface area contributed by atoms with Gasteiger partial charge in [0.2, 0.25) is 5.89 Å². The molecule has 27 heavy (non-hydrogen) atoms. The highest BCUT2D eigenvalue weighted by molar-refractivity contribution is 5.92. The van der Waals surface area contributed by atoms with Crippen molar-refractivity contribution in [2.45, 2.75) is 26.4 Å². The largest absolute Gasteiger partial charge is 0.341 e. The van der Waals surface area contributed by atoms with Crippen molar-refractivity contribution in [1.82, 2.24) is 29.8 Å². The number of amides is 1. The first-order chi connectivity index (χ1) is 13.1. The van der Waals surface area contributed by atoms with Crippen molar-refractivity contribution in [3.63, 3.8) is 0 Å². The van der Waals surface area contributed by atoms with Gasteiger partial charge in [-0.3, -0.25) is 9.89 Å². The van der Waals surface area contributed by atoms with Gasteiger partial charge in [0.25, 0.3) is 5.91 Å². The molecule has 1 N–H and O–H groups in total. The lowest BCUT2D eigenvalue weighted by molar-refractivity contribution is 0.0774. The summed E-state index contributed by atoms with van der Waals surface area (Å²) >= 11 is 0. The van der Waals surface area contributed by atoms with E-state index < -0.39 is 0 Å². The molecule has 0 atom stereocenters. The number of carbonyl (C=O) groups is 1. The third-order valence-electron chi connectivity index (χ3n) is 4.41. The predicted molar refractivity (Wildman–Crippen MR) is 99.1 cm³/mol. The molecule has 1 amide bonds. The normalized spacial score (nSPS) is 11.2. The fraction of sp³-hybridized carbons (Fsp3) is 0.263. The van der Waals surface area contributed by atoms with Gasteiger partial charge in [0.05, 0.1) is 18.8 Å². The second kappa shape index (κ2) is 7.06. The highest BCUT2D eigenvalue weighted by atomic mass is 16.5.